The zero-order chi connectivity index (χ0) is 13.8. The predicted octanol–water partition coefficient (Wildman–Crippen LogP) is 3.76. The molecule has 98 valence electrons. The molecule has 0 heterocycles. The van der Waals surface area contributed by atoms with Gasteiger partial charge in [-0.2, -0.15) is 0 Å². The van der Waals surface area contributed by atoms with Crippen molar-refractivity contribution in [3.63, 3.8) is 0 Å². The molecule has 0 fully saturated rings. The first-order valence-electron chi connectivity index (χ1n) is 6.14. The molecule has 2 nitrogen and oxygen atoms in total. The lowest BCUT2D eigenvalue weighted by Gasteiger charge is -2.09. The van der Waals surface area contributed by atoms with Crippen LogP contribution in [0.5, 0.6) is 0 Å². The molecular formula is C16H15FO2. The van der Waals surface area contributed by atoms with E-state index in [4.69, 9.17) is 5.11 Å². The molecule has 0 amide bonds. The zero-order valence-corrected chi connectivity index (χ0v) is 10.6. The third kappa shape index (κ3) is 3.19. The summed E-state index contributed by atoms with van der Waals surface area (Å²) in [4.78, 5) is 10.8. The summed E-state index contributed by atoms with van der Waals surface area (Å²) < 4.78 is 14.0. The van der Waals surface area contributed by atoms with E-state index in [1.165, 1.54) is 6.07 Å². The highest BCUT2D eigenvalue weighted by atomic mass is 19.1. The second-order valence-electron chi connectivity index (χ2n) is 4.62. The highest BCUT2D eigenvalue weighted by Gasteiger charge is 2.13. The largest absolute Gasteiger partial charge is 0.481 e. The molecule has 0 aromatic heterocycles. The van der Waals surface area contributed by atoms with Crippen LogP contribution in [0, 0.1) is 11.7 Å². The molecule has 2 aromatic rings. The lowest BCUT2D eigenvalue weighted by molar-refractivity contribution is -0.141. The van der Waals surface area contributed by atoms with Gasteiger partial charge in [0.05, 0.1) is 5.92 Å². The smallest absolute Gasteiger partial charge is 0.306 e. The summed E-state index contributed by atoms with van der Waals surface area (Å²) in [6.45, 7) is 1.62. The Morgan fingerprint density at radius 3 is 2.47 bits per heavy atom. The fourth-order valence-electron chi connectivity index (χ4n) is 1.98. The van der Waals surface area contributed by atoms with Crippen LogP contribution in [0.3, 0.4) is 0 Å². The lowest BCUT2D eigenvalue weighted by atomic mass is 9.98. The molecule has 0 radical (unpaired) electrons. The Balaban J connectivity index is 2.25. The number of hydrogen-bond acceptors (Lipinski definition) is 1. The molecule has 19 heavy (non-hydrogen) atoms. The number of carbonyl (C=O) groups is 1. The predicted molar refractivity (Wildman–Crippen MR) is 72.3 cm³/mol. The van der Waals surface area contributed by atoms with Crippen molar-refractivity contribution in [2.75, 3.05) is 0 Å². The average molecular weight is 258 g/mol. The maximum atomic E-state index is 14.0. The molecule has 1 unspecified atom stereocenters. The van der Waals surface area contributed by atoms with E-state index in [-0.39, 0.29) is 5.82 Å². The van der Waals surface area contributed by atoms with Crippen molar-refractivity contribution < 1.29 is 14.3 Å². The topological polar surface area (TPSA) is 37.3 Å². The molecule has 0 saturated carbocycles. The van der Waals surface area contributed by atoms with Crippen LogP contribution >= 0.6 is 0 Å². The normalized spacial score (nSPS) is 12.1. The molecule has 2 rings (SSSR count). The minimum atomic E-state index is -0.868. The van der Waals surface area contributed by atoms with Crippen molar-refractivity contribution >= 4 is 5.97 Å². The number of aliphatic carboxylic acids is 1. The summed E-state index contributed by atoms with van der Waals surface area (Å²) in [5.74, 6) is -1.70. The van der Waals surface area contributed by atoms with Crippen LogP contribution in [0.2, 0.25) is 0 Å². The van der Waals surface area contributed by atoms with Crippen molar-refractivity contribution in [2.24, 2.45) is 5.92 Å². The highest BCUT2D eigenvalue weighted by molar-refractivity contribution is 5.70. The molecule has 0 bridgehead atoms. The van der Waals surface area contributed by atoms with Gasteiger partial charge in [0.2, 0.25) is 0 Å². The molecule has 2 aromatic carbocycles. The van der Waals surface area contributed by atoms with Crippen molar-refractivity contribution in [3.05, 3.63) is 59.9 Å². The fraction of sp³-hybridized carbons (Fsp3) is 0.188. The zero-order valence-electron chi connectivity index (χ0n) is 10.6. The van der Waals surface area contributed by atoms with E-state index < -0.39 is 11.9 Å². The Morgan fingerprint density at radius 1 is 1.21 bits per heavy atom. The number of halogens is 1. The first kappa shape index (κ1) is 13.3. The van der Waals surface area contributed by atoms with E-state index in [1.54, 1.807) is 19.1 Å². The first-order valence-corrected chi connectivity index (χ1v) is 6.14. The molecule has 0 spiro atoms. The molecule has 0 aliphatic carbocycles. The molecular weight excluding hydrogens is 243 g/mol. The molecule has 3 heteroatoms. The van der Waals surface area contributed by atoms with Gasteiger partial charge in [0.1, 0.15) is 5.82 Å². The maximum absolute atomic E-state index is 14.0. The Bertz CT molecular complexity index is 579. The Kier molecular flexibility index (Phi) is 3.95. The van der Waals surface area contributed by atoms with E-state index in [1.807, 2.05) is 30.3 Å². The summed E-state index contributed by atoms with van der Waals surface area (Å²) in [6.07, 6.45) is 0.335. The SMILES string of the molecule is CC(Cc1ccc(-c2ccccc2)c(F)c1)C(=O)O. The summed E-state index contributed by atoms with van der Waals surface area (Å²) in [5.41, 5.74) is 2.05. The highest BCUT2D eigenvalue weighted by Crippen LogP contribution is 2.24. The van der Waals surface area contributed by atoms with Crippen LogP contribution in [0.4, 0.5) is 4.39 Å². The second kappa shape index (κ2) is 5.65. The molecule has 0 aliphatic heterocycles. The number of carboxylic acid groups (broad SMARTS) is 1. The maximum Gasteiger partial charge on any atom is 0.306 e. The van der Waals surface area contributed by atoms with E-state index >= 15 is 0 Å². The van der Waals surface area contributed by atoms with Crippen molar-refractivity contribution in [3.8, 4) is 11.1 Å². The van der Waals surface area contributed by atoms with Gasteiger partial charge in [-0.3, -0.25) is 4.79 Å². The average Bonchev–Trinajstić information content (AvgIpc) is 2.39. The Hall–Kier alpha value is -2.16. The summed E-state index contributed by atoms with van der Waals surface area (Å²) in [7, 11) is 0. The minimum Gasteiger partial charge on any atom is -0.481 e. The summed E-state index contributed by atoms with van der Waals surface area (Å²) >= 11 is 0. The van der Waals surface area contributed by atoms with Crippen molar-refractivity contribution in [1.29, 1.82) is 0 Å². The van der Waals surface area contributed by atoms with Gasteiger partial charge >= 0.3 is 5.97 Å². The number of benzene rings is 2. The van der Waals surface area contributed by atoms with Gasteiger partial charge in [0.25, 0.3) is 0 Å². The third-order valence-electron chi connectivity index (χ3n) is 3.08. The Morgan fingerprint density at radius 2 is 1.89 bits per heavy atom. The molecule has 1 atom stereocenters. The summed E-state index contributed by atoms with van der Waals surface area (Å²) in [5, 5.41) is 8.85. The van der Waals surface area contributed by atoms with Gasteiger partial charge in [0.15, 0.2) is 0 Å². The van der Waals surface area contributed by atoms with E-state index in [0.29, 0.717) is 17.5 Å². The van der Waals surface area contributed by atoms with Gasteiger partial charge in [-0.15, -0.1) is 0 Å². The van der Waals surface area contributed by atoms with Gasteiger partial charge in [-0.1, -0.05) is 49.4 Å². The fourth-order valence-corrected chi connectivity index (χ4v) is 1.98. The van der Waals surface area contributed by atoms with Crippen molar-refractivity contribution in [1.82, 2.24) is 0 Å². The van der Waals surface area contributed by atoms with Gasteiger partial charge in [-0.05, 0) is 23.6 Å². The van der Waals surface area contributed by atoms with E-state index in [0.717, 1.165) is 5.56 Å². The van der Waals surface area contributed by atoms with Gasteiger partial charge < -0.3 is 5.11 Å². The van der Waals surface area contributed by atoms with Gasteiger partial charge in [-0.25, -0.2) is 4.39 Å². The van der Waals surface area contributed by atoms with Crippen molar-refractivity contribution in [2.45, 2.75) is 13.3 Å². The standard InChI is InChI=1S/C16H15FO2/c1-11(16(18)19)9-12-7-8-14(15(17)10-12)13-5-3-2-4-6-13/h2-8,10-11H,9H2,1H3,(H,18,19). The second-order valence-corrected chi connectivity index (χ2v) is 4.62. The van der Waals surface area contributed by atoms with Gasteiger partial charge in [0, 0.05) is 5.56 Å². The van der Waals surface area contributed by atoms with E-state index in [9.17, 15) is 9.18 Å². The number of hydrogen-bond donors (Lipinski definition) is 1. The number of rotatable bonds is 4. The quantitative estimate of drug-likeness (QED) is 0.906. The van der Waals surface area contributed by atoms with Crippen LogP contribution in [-0.2, 0) is 11.2 Å². The first-order chi connectivity index (χ1) is 9.08. The lowest BCUT2D eigenvalue weighted by Crippen LogP contribution is -2.12. The minimum absolute atomic E-state index is 0.318. The van der Waals surface area contributed by atoms with Crippen LogP contribution < -0.4 is 0 Å². The van der Waals surface area contributed by atoms with Crippen LogP contribution in [0.15, 0.2) is 48.5 Å². The Labute approximate surface area is 111 Å². The molecule has 1 N–H and O–H groups in total. The molecule has 0 saturated heterocycles. The number of carboxylic acids is 1. The molecule has 0 aliphatic rings. The third-order valence-corrected chi connectivity index (χ3v) is 3.08. The van der Waals surface area contributed by atoms with E-state index in [2.05, 4.69) is 0 Å². The summed E-state index contributed by atoms with van der Waals surface area (Å²) in [6, 6.07) is 14.2. The monoisotopic (exact) mass is 258 g/mol. The van der Waals surface area contributed by atoms with Crippen LogP contribution in [0.1, 0.15) is 12.5 Å². The van der Waals surface area contributed by atoms with Crippen LogP contribution in [-0.4, -0.2) is 11.1 Å². The van der Waals surface area contributed by atoms with Crippen LogP contribution in [0.25, 0.3) is 11.1 Å².